The van der Waals surface area contributed by atoms with E-state index in [1.807, 2.05) is 23.6 Å². The maximum Gasteiger partial charge on any atom is 0.0251 e. The Morgan fingerprint density at radius 2 is 1.90 bits per heavy atom. The van der Waals surface area contributed by atoms with Crippen molar-refractivity contribution < 1.29 is 20.1 Å². The van der Waals surface area contributed by atoms with Crippen LogP contribution >= 0.6 is 11.3 Å². The third kappa shape index (κ3) is 1.63. The molecule has 0 unspecified atom stereocenters. The summed E-state index contributed by atoms with van der Waals surface area (Å²) in [7, 11) is 0. The van der Waals surface area contributed by atoms with Crippen molar-refractivity contribution in [1.82, 2.24) is 4.98 Å². The zero-order chi connectivity index (χ0) is 13.3. The van der Waals surface area contributed by atoms with Gasteiger partial charge in [0, 0.05) is 31.0 Å². The Balaban J connectivity index is 0.00000115. The van der Waals surface area contributed by atoms with Gasteiger partial charge in [-0.3, -0.25) is 0 Å². The summed E-state index contributed by atoms with van der Waals surface area (Å²) >= 11 is 1.86. The van der Waals surface area contributed by atoms with Gasteiger partial charge in [0.1, 0.15) is 0 Å². The van der Waals surface area contributed by atoms with Crippen LogP contribution in [0.2, 0.25) is 0 Å². The minimum atomic E-state index is 0. The number of hydrogen-bond donors (Lipinski definition) is 0. The van der Waals surface area contributed by atoms with E-state index in [9.17, 15) is 0 Å². The summed E-state index contributed by atoms with van der Waals surface area (Å²) in [5.74, 6) is 0. The van der Waals surface area contributed by atoms with Crippen molar-refractivity contribution >= 4 is 53.2 Å². The van der Waals surface area contributed by atoms with E-state index < -0.39 is 0 Å². The van der Waals surface area contributed by atoms with Crippen molar-refractivity contribution in [3.8, 4) is 0 Å². The van der Waals surface area contributed by atoms with Gasteiger partial charge < -0.3 is 4.98 Å². The summed E-state index contributed by atoms with van der Waals surface area (Å²) in [5.41, 5.74) is 2.27. The SMILES string of the molecule is Cc1cnc2c3[c-]ccc4sc5cccc(c2c1)c5c43.[Ir]. The molecule has 3 heteroatoms. The van der Waals surface area contributed by atoms with Gasteiger partial charge in [-0.15, -0.1) is 23.6 Å². The summed E-state index contributed by atoms with van der Waals surface area (Å²) in [6.07, 6.45) is 1.95. The van der Waals surface area contributed by atoms with Crippen molar-refractivity contribution in [3.05, 3.63) is 54.2 Å². The summed E-state index contributed by atoms with van der Waals surface area (Å²) in [5, 5.41) is 6.41. The predicted molar refractivity (Wildman–Crippen MR) is 86.9 cm³/mol. The fourth-order valence-electron chi connectivity index (χ4n) is 3.19. The second-order valence-corrected chi connectivity index (χ2v) is 6.37. The van der Waals surface area contributed by atoms with E-state index in [0.717, 1.165) is 10.9 Å². The molecule has 0 aliphatic heterocycles. The van der Waals surface area contributed by atoms with Gasteiger partial charge in [-0.25, -0.2) is 0 Å². The van der Waals surface area contributed by atoms with Crippen LogP contribution in [0.3, 0.4) is 0 Å². The molecule has 0 saturated heterocycles. The molecule has 103 valence electrons. The molecule has 5 rings (SSSR count). The predicted octanol–water partition coefficient (Wildman–Crippen LogP) is 5.30. The van der Waals surface area contributed by atoms with Crippen molar-refractivity contribution in [2.75, 3.05) is 0 Å². The summed E-state index contributed by atoms with van der Waals surface area (Å²) in [6, 6.07) is 16.4. The molecule has 5 aromatic rings. The molecule has 0 spiro atoms. The minimum absolute atomic E-state index is 0. The number of benzene rings is 3. The van der Waals surface area contributed by atoms with Crippen LogP contribution in [0.5, 0.6) is 0 Å². The number of aromatic nitrogens is 1. The van der Waals surface area contributed by atoms with E-state index in [0.29, 0.717) is 0 Å². The number of rotatable bonds is 0. The minimum Gasteiger partial charge on any atom is -0.304 e. The molecule has 0 bridgehead atoms. The quantitative estimate of drug-likeness (QED) is 0.224. The Labute approximate surface area is 139 Å². The Morgan fingerprint density at radius 1 is 1.05 bits per heavy atom. The number of pyridine rings is 1. The fraction of sp³-hybridized carbons (Fsp3) is 0.0556. The summed E-state index contributed by atoms with van der Waals surface area (Å²) in [6.45, 7) is 2.10. The van der Waals surface area contributed by atoms with Crippen molar-refractivity contribution in [2.45, 2.75) is 6.92 Å². The average Bonchev–Trinajstić information content (AvgIpc) is 2.85. The Kier molecular flexibility index (Phi) is 2.80. The normalized spacial score (nSPS) is 11.7. The fourth-order valence-corrected chi connectivity index (χ4v) is 4.33. The zero-order valence-corrected chi connectivity index (χ0v) is 14.4. The molecule has 1 nitrogen and oxygen atoms in total. The maximum atomic E-state index is 4.68. The first-order chi connectivity index (χ1) is 9.83. The molecule has 2 aromatic heterocycles. The molecule has 0 saturated carbocycles. The Hall–Kier alpha value is -1.54. The topological polar surface area (TPSA) is 12.9 Å². The maximum absolute atomic E-state index is 4.68. The number of aryl methyl sites for hydroxylation is 1. The molecule has 21 heavy (non-hydrogen) atoms. The molecule has 0 aliphatic rings. The average molecular weight is 465 g/mol. The van der Waals surface area contributed by atoms with Crippen LogP contribution in [-0.2, 0) is 20.1 Å². The van der Waals surface area contributed by atoms with Crippen LogP contribution in [0.1, 0.15) is 5.56 Å². The second-order valence-electron chi connectivity index (χ2n) is 5.28. The number of fused-ring (bicyclic) bond motifs is 3. The van der Waals surface area contributed by atoms with E-state index in [-0.39, 0.29) is 20.1 Å². The second kappa shape index (κ2) is 4.48. The van der Waals surface area contributed by atoms with E-state index in [1.165, 1.54) is 36.5 Å². The molecule has 0 atom stereocenters. The number of thiophene rings is 1. The van der Waals surface area contributed by atoms with Crippen LogP contribution in [0, 0.1) is 13.0 Å². The van der Waals surface area contributed by atoms with Gasteiger partial charge in [0.15, 0.2) is 0 Å². The summed E-state index contributed by atoms with van der Waals surface area (Å²) in [4.78, 5) is 4.68. The zero-order valence-electron chi connectivity index (χ0n) is 11.2. The molecule has 0 N–H and O–H groups in total. The molecule has 0 fully saturated rings. The smallest absolute Gasteiger partial charge is 0.0251 e. The van der Waals surface area contributed by atoms with Gasteiger partial charge in [-0.05, 0) is 44.9 Å². The van der Waals surface area contributed by atoms with Crippen LogP contribution in [-0.4, -0.2) is 4.98 Å². The number of nitrogens with zero attached hydrogens (tertiary/aromatic N) is 1. The van der Waals surface area contributed by atoms with Crippen molar-refractivity contribution in [3.63, 3.8) is 0 Å². The largest absolute Gasteiger partial charge is 0.304 e. The van der Waals surface area contributed by atoms with Gasteiger partial charge in [-0.1, -0.05) is 23.6 Å². The van der Waals surface area contributed by atoms with Gasteiger partial charge in [0.05, 0.1) is 0 Å². The first kappa shape index (κ1) is 13.1. The Bertz CT molecular complexity index is 1110. The van der Waals surface area contributed by atoms with E-state index in [2.05, 4.69) is 48.3 Å². The molecule has 2 heterocycles. The third-order valence-corrected chi connectivity index (χ3v) is 5.13. The van der Waals surface area contributed by atoms with Gasteiger partial charge in [-0.2, -0.15) is 11.3 Å². The van der Waals surface area contributed by atoms with Gasteiger partial charge >= 0.3 is 0 Å². The van der Waals surface area contributed by atoms with Crippen molar-refractivity contribution in [1.29, 1.82) is 0 Å². The monoisotopic (exact) mass is 465 g/mol. The molecule has 0 aliphatic carbocycles. The summed E-state index contributed by atoms with van der Waals surface area (Å²) < 4.78 is 2.68. The molecule has 0 amide bonds. The van der Waals surface area contributed by atoms with E-state index in [1.54, 1.807) is 0 Å². The molecular formula is C18H10IrNS-. The Morgan fingerprint density at radius 3 is 2.81 bits per heavy atom. The standard InChI is InChI=1S/C18H10NS.Ir/c1-10-8-13-11-4-2-6-14-16(11)17-12(18(13)19-9-10)5-3-7-15(17)20-14;/h2-4,6-9H,1H3;/q-1;. The van der Waals surface area contributed by atoms with E-state index >= 15 is 0 Å². The van der Waals surface area contributed by atoms with Crippen LogP contribution < -0.4 is 0 Å². The van der Waals surface area contributed by atoms with Crippen LogP contribution in [0.4, 0.5) is 0 Å². The first-order valence-electron chi connectivity index (χ1n) is 6.66. The van der Waals surface area contributed by atoms with Gasteiger partial charge in [0.2, 0.25) is 0 Å². The number of hydrogen-bond acceptors (Lipinski definition) is 2. The van der Waals surface area contributed by atoms with Gasteiger partial charge in [0.25, 0.3) is 0 Å². The van der Waals surface area contributed by atoms with Crippen LogP contribution in [0.25, 0.3) is 41.8 Å². The van der Waals surface area contributed by atoms with Crippen molar-refractivity contribution in [2.24, 2.45) is 0 Å². The first-order valence-corrected chi connectivity index (χ1v) is 7.48. The van der Waals surface area contributed by atoms with E-state index in [4.69, 9.17) is 0 Å². The molecule has 3 aromatic carbocycles. The van der Waals surface area contributed by atoms with Crippen LogP contribution in [0.15, 0.2) is 42.6 Å². The molecule has 1 radical (unpaired) electrons. The molecular weight excluding hydrogens is 454 g/mol. The third-order valence-electron chi connectivity index (χ3n) is 4.01.